The van der Waals surface area contributed by atoms with E-state index in [2.05, 4.69) is 20.3 Å². The van der Waals surface area contributed by atoms with Gasteiger partial charge in [-0.05, 0) is 12.1 Å². The Hall–Kier alpha value is -3.23. The van der Waals surface area contributed by atoms with Crippen molar-refractivity contribution in [2.75, 3.05) is 0 Å². The number of hydrogen-bond acceptors (Lipinski definition) is 5. The molecule has 1 aliphatic heterocycles. The monoisotopic (exact) mass is 340 g/mol. The summed E-state index contributed by atoms with van der Waals surface area (Å²) in [7, 11) is 0. The summed E-state index contributed by atoms with van der Waals surface area (Å²) in [4.78, 5) is 32.7. The highest BCUT2D eigenvalue weighted by atomic mass is 16.4. The maximum atomic E-state index is 12.6. The second-order valence-corrected chi connectivity index (χ2v) is 5.96. The summed E-state index contributed by atoms with van der Waals surface area (Å²) in [5.74, 6) is -1.25. The third kappa shape index (κ3) is 2.73. The first-order valence-electron chi connectivity index (χ1n) is 7.95. The fourth-order valence-electron chi connectivity index (χ4n) is 3.15. The fourth-order valence-corrected chi connectivity index (χ4v) is 3.15. The lowest BCUT2D eigenvalue weighted by Crippen LogP contribution is -2.48. The summed E-state index contributed by atoms with van der Waals surface area (Å²) in [6.07, 6.45) is 1.89. The largest absolute Gasteiger partial charge is 0.480 e. The van der Waals surface area contributed by atoms with Crippen LogP contribution in [0.4, 0.5) is 0 Å². The Labute approximate surface area is 142 Å². The number of nitrogens with zero attached hydrogens (tertiary/aromatic N) is 5. The van der Waals surface area contributed by atoms with Crippen LogP contribution >= 0.6 is 0 Å². The van der Waals surface area contributed by atoms with E-state index < -0.39 is 12.0 Å². The number of aromatic amines is 1. The van der Waals surface area contributed by atoms with Gasteiger partial charge in [0, 0.05) is 12.8 Å². The second-order valence-electron chi connectivity index (χ2n) is 5.96. The Balaban J connectivity index is 1.51. The molecule has 0 aliphatic carbocycles. The van der Waals surface area contributed by atoms with Crippen molar-refractivity contribution in [3.05, 3.63) is 42.0 Å². The van der Waals surface area contributed by atoms with Crippen molar-refractivity contribution >= 4 is 22.9 Å². The number of carbonyl (C=O) groups is 2. The van der Waals surface area contributed by atoms with Gasteiger partial charge in [0.1, 0.15) is 11.6 Å². The highest BCUT2D eigenvalue weighted by molar-refractivity contribution is 5.84. The van der Waals surface area contributed by atoms with Gasteiger partial charge in [-0.3, -0.25) is 4.79 Å². The number of carboxylic acids is 1. The number of carbonyl (C=O) groups excluding carboxylic acids is 1. The second kappa shape index (κ2) is 6.00. The Morgan fingerprint density at radius 1 is 1.32 bits per heavy atom. The van der Waals surface area contributed by atoms with Crippen molar-refractivity contribution < 1.29 is 14.7 Å². The molecule has 0 bridgehead atoms. The summed E-state index contributed by atoms with van der Waals surface area (Å²) >= 11 is 0. The van der Waals surface area contributed by atoms with Crippen LogP contribution in [0.1, 0.15) is 17.8 Å². The Kier molecular flexibility index (Phi) is 3.68. The van der Waals surface area contributed by atoms with Gasteiger partial charge in [0.25, 0.3) is 0 Å². The maximum Gasteiger partial charge on any atom is 0.326 e. The molecular weight excluding hydrogens is 324 g/mol. The molecule has 9 nitrogen and oxygen atoms in total. The summed E-state index contributed by atoms with van der Waals surface area (Å²) in [5.41, 5.74) is 3.11. The quantitative estimate of drug-likeness (QED) is 0.717. The molecule has 0 spiro atoms. The van der Waals surface area contributed by atoms with Gasteiger partial charge < -0.3 is 15.0 Å². The van der Waals surface area contributed by atoms with Crippen molar-refractivity contribution in [2.24, 2.45) is 0 Å². The zero-order valence-corrected chi connectivity index (χ0v) is 13.3. The van der Waals surface area contributed by atoms with E-state index in [4.69, 9.17) is 0 Å². The first-order valence-corrected chi connectivity index (χ1v) is 7.95. The summed E-state index contributed by atoms with van der Waals surface area (Å²) in [6.45, 7) is 0.571. The van der Waals surface area contributed by atoms with E-state index in [0.29, 0.717) is 12.2 Å². The molecule has 1 amide bonds. The maximum absolute atomic E-state index is 12.6. The van der Waals surface area contributed by atoms with Crippen LogP contribution in [0.3, 0.4) is 0 Å². The minimum absolute atomic E-state index is 0.153. The first kappa shape index (κ1) is 15.3. The van der Waals surface area contributed by atoms with E-state index in [9.17, 15) is 14.7 Å². The molecule has 1 aromatic carbocycles. The molecule has 0 radical (unpaired) electrons. The number of aryl methyl sites for hydroxylation is 1. The van der Waals surface area contributed by atoms with Crippen LogP contribution in [0.15, 0.2) is 30.6 Å². The number of carboxylic acid groups (broad SMARTS) is 1. The number of H-pyrrole nitrogens is 1. The van der Waals surface area contributed by atoms with Crippen molar-refractivity contribution in [1.29, 1.82) is 0 Å². The van der Waals surface area contributed by atoms with E-state index in [1.54, 1.807) is 4.68 Å². The summed E-state index contributed by atoms with van der Waals surface area (Å²) in [6, 6.07) is 6.60. The number of fused-ring (bicyclic) bond motifs is 2. The van der Waals surface area contributed by atoms with Gasteiger partial charge in [-0.15, -0.1) is 5.10 Å². The van der Waals surface area contributed by atoms with E-state index in [1.807, 2.05) is 24.3 Å². The van der Waals surface area contributed by atoms with Crippen LogP contribution in [-0.2, 0) is 29.1 Å². The standard InChI is InChI=1S/C16H16N6O3/c23-15(5-6-22-13-4-2-1-3-10(13)19-20-22)21-8-12-11(17-9-18-12)7-14(21)16(24)25/h1-4,9,14H,5-8H2,(H,17,18)(H,24,25)/t14-/m0/s1. The first-order chi connectivity index (χ1) is 12.1. The molecule has 4 rings (SSSR count). The van der Waals surface area contributed by atoms with Gasteiger partial charge >= 0.3 is 5.97 Å². The molecule has 3 aromatic rings. The van der Waals surface area contributed by atoms with Gasteiger partial charge in [0.15, 0.2) is 0 Å². The molecule has 3 heterocycles. The lowest BCUT2D eigenvalue weighted by Gasteiger charge is -2.32. The van der Waals surface area contributed by atoms with Crippen molar-refractivity contribution in [1.82, 2.24) is 29.9 Å². The normalized spacial score (nSPS) is 16.8. The zero-order valence-electron chi connectivity index (χ0n) is 13.3. The highest BCUT2D eigenvalue weighted by Gasteiger charge is 2.35. The van der Waals surface area contributed by atoms with Crippen molar-refractivity contribution in [2.45, 2.75) is 32.0 Å². The number of aromatic nitrogens is 5. The minimum Gasteiger partial charge on any atom is -0.480 e. The van der Waals surface area contributed by atoms with Crippen LogP contribution in [0, 0.1) is 0 Å². The Morgan fingerprint density at radius 2 is 2.16 bits per heavy atom. The number of rotatable bonds is 4. The van der Waals surface area contributed by atoms with Crippen LogP contribution in [0.5, 0.6) is 0 Å². The molecule has 25 heavy (non-hydrogen) atoms. The van der Waals surface area contributed by atoms with E-state index in [-0.39, 0.29) is 25.3 Å². The lowest BCUT2D eigenvalue weighted by molar-refractivity contribution is -0.151. The van der Waals surface area contributed by atoms with E-state index in [0.717, 1.165) is 16.7 Å². The molecule has 9 heteroatoms. The van der Waals surface area contributed by atoms with Gasteiger partial charge in [0.05, 0.1) is 36.3 Å². The summed E-state index contributed by atoms with van der Waals surface area (Å²) < 4.78 is 1.66. The van der Waals surface area contributed by atoms with Crippen molar-refractivity contribution in [3.8, 4) is 0 Å². The fraction of sp³-hybridized carbons (Fsp3) is 0.312. The molecule has 2 aromatic heterocycles. The smallest absolute Gasteiger partial charge is 0.326 e. The van der Waals surface area contributed by atoms with Crippen LogP contribution in [0.2, 0.25) is 0 Å². The minimum atomic E-state index is -1.02. The average Bonchev–Trinajstić information content (AvgIpc) is 3.24. The van der Waals surface area contributed by atoms with Gasteiger partial charge in [-0.1, -0.05) is 17.3 Å². The average molecular weight is 340 g/mol. The molecule has 0 fully saturated rings. The third-order valence-corrected chi connectivity index (χ3v) is 4.46. The van der Waals surface area contributed by atoms with Gasteiger partial charge in [-0.2, -0.15) is 0 Å². The van der Waals surface area contributed by atoms with Gasteiger partial charge in [0.2, 0.25) is 5.91 Å². The summed E-state index contributed by atoms with van der Waals surface area (Å²) in [5, 5.41) is 17.6. The molecular formula is C16H16N6O3. The number of nitrogens with one attached hydrogen (secondary N) is 1. The number of para-hydroxylation sites is 1. The number of amides is 1. The lowest BCUT2D eigenvalue weighted by atomic mass is 10.0. The predicted molar refractivity (Wildman–Crippen MR) is 86.4 cm³/mol. The SMILES string of the molecule is O=C(O)[C@@H]1Cc2nc[nH]c2CN1C(=O)CCn1nnc2ccccc21. The third-order valence-electron chi connectivity index (χ3n) is 4.46. The molecule has 0 saturated carbocycles. The molecule has 1 aliphatic rings. The van der Waals surface area contributed by atoms with Crippen molar-refractivity contribution in [3.63, 3.8) is 0 Å². The molecule has 0 unspecified atom stereocenters. The topological polar surface area (TPSA) is 117 Å². The number of aliphatic carboxylic acids is 1. The Morgan fingerprint density at radius 3 is 3.00 bits per heavy atom. The van der Waals surface area contributed by atoms with Crippen LogP contribution < -0.4 is 0 Å². The Bertz CT molecular complexity index is 946. The van der Waals surface area contributed by atoms with Crippen LogP contribution in [-0.4, -0.2) is 52.9 Å². The number of hydrogen-bond donors (Lipinski definition) is 2. The molecule has 0 saturated heterocycles. The molecule has 2 N–H and O–H groups in total. The number of benzene rings is 1. The van der Waals surface area contributed by atoms with E-state index in [1.165, 1.54) is 11.2 Å². The predicted octanol–water partition coefficient (Wildman–Crippen LogP) is 0.583. The molecule has 1 atom stereocenters. The number of imidazole rings is 1. The zero-order chi connectivity index (χ0) is 17.4. The highest BCUT2D eigenvalue weighted by Crippen LogP contribution is 2.22. The van der Waals surface area contributed by atoms with E-state index >= 15 is 0 Å². The van der Waals surface area contributed by atoms with Crippen LogP contribution in [0.25, 0.3) is 11.0 Å². The molecule has 128 valence electrons. The van der Waals surface area contributed by atoms with Gasteiger partial charge in [-0.25, -0.2) is 14.5 Å².